The van der Waals surface area contributed by atoms with E-state index < -0.39 is 0 Å². The molecular weight excluding hydrogens is 322 g/mol. The highest BCUT2D eigenvalue weighted by atomic mass is 16.5. The maximum Gasteiger partial charge on any atom is 0.217 e. The van der Waals surface area contributed by atoms with Crippen LogP contribution < -0.4 is 5.32 Å². The van der Waals surface area contributed by atoms with Gasteiger partial charge in [0.1, 0.15) is 0 Å². The first-order chi connectivity index (χ1) is 12.5. The lowest BCUT2D eigenvalue weighted by atomic mass is 9.80. The van der Waals surface area contributed by atoms with E-state index in [0.717, 1.165) is 12.8 Å². The molecular formula is C23H29NO2. The van der Waals surface area contributed by atoms with Crippen LogP contribution in [0.4, 0.5) is 0 Å². The van der Waals surface area contributed by atoms with Gasteiger partial charge in [-0.2, -0.15) is 0 Å². The topological polar surface area (TPSA) is 38.3 Å². The van der Waals surface area contributed by atoms with Gasteiger partial charge < -0.3 is 10.1 Å². The average molecular weight is 351 g/mol. The molecule has 26 heavy (non-hydrogen) atoms. The van der Waals surface area contributed by atoms with Gasteiger partial charge in [-0.3, -0.25) is 4.79 Å². The molecule has 1 N–H and O–H groups in total. The number of rotatable bonds is 5. The third-order valence-electron chi connectivity index (χ3n) is 5.22. The van der Waals surface area contributed by atoms with E-state index in [-0.39, 0.29) is 30.1 Å². The van der Waals surface area contributed by atoms with Gasteiger partial charge in [-0.1, -0.05) is 74.5 Å². The predicted octanol–water partition coefficient (Wildman–Crippen LogP) is 4.53. The normalized spacial score (nSPS) is 23.2. The number of hydrogen-bond donors (Lipinski definition) is 1. The first-order valence-corrected chi connectivity index (χ1v) is 9.57. The lowest BCUT2D eigenvalue weighted by Gasteiger charge is -2.41. The van der Waals surface area contributed by atoms with E-state index in [4.69, 9.17) is 4.74 Å². The Labute approximate surface area is 156 Å². The molecule has 1 amide bonds. The number of benzene rings is 2. The smallest absolute Gasteiger partial charge is 0.217 e. The fraction of sp³-hybridized carbons (Fsp3) is 0.435. The molecule has 0 aliphatic carbocycles. The fourth-order valence-corrected chi connectivity index (χ4v) is 3.98. The number of amides is 1. The molecule has 1 aliphatic rings. The second kappa shape index (κ2) is 8.50. The Morgan fingerprint density at radius 1 is 0.923 bits per heavy atom. The third kappa shape index (κ3) is 4.53. The lowest BCUT2D eigenvalue weighted by Crippen LogP contribution is -2.48. The van der Waals surface area contributed by atoms with Crippen LogP contribution in [-0.2, 0) is 9.53 Å². The maximum atomic E-state index is 11.7. The van der Waals surface area contributed by atoms with Crippen LogP contribution in [0.5, 0.6) is 0 Å². The van der Waals surface area contributed by atoms with Crippen molar-refractivity contribution in [1.82, 2.24) is 5.32 Å². The Kier molecular flexibility index (Phi) is 6.10. The maximum absolute atomic E-state index is 11.7. The quantitative estimate of drug-likeness (QED) is 0.860. The zero-order chi connectivity index (χ0) is 18.5. The molecule has 0 aromatic heterocycles. The molecule has 3 rings (SSSR count). The summed E-state index contributed by atoms with van der Waals surface area (Å²) < 4.78 is 6.58. The predicted molar refractivity (Wildman–Crippen MR) is 105 cm³/mol. The average Bonchev–Trinajstić information content (AvgIpc) is 2.63. The molecule has 2 aromatic carbocycles. The zero-order valence-electron chi connectivity index (χ0n) is 15.9. The van der Waals surface area contributed by atoms with Gasteiger partial charge in [0.05, 0.1) is 12.2 Å². The Balaban J connectivity index is 1.94. The van der Waals surface area contributed by atoms with Crippen molar-refractivity contribution in [2.24, 2.45) is 5.92 Å². The van der Waals surface area contributed by atoms with Gasteiger partial charge in [0, 0.05) is 18.9 Å². The van der Waals surface area contributed by atoms with E-state index in [1.807, 2.05) is 12.1 Å². The van der Waals surface area contributed by atoms with Crippen LogP contribution in [0.1, 0.15) is 50.7 Å². The first kappa shape index (κ1) is 18.7. The molecule has 1 saturated heterocycles. The minimum Gasteiger partial charge on any atom is -0.374 e. The Bertz CT molecular complexity index is 659. The van der Waals surface area contributed by atoms with Gasteiger partial charge in [0.15, 0.2) is 0 Å². The molecule has 3 heteroatoms. The summed E-state index contributed by atoms with van der Waals surface area (Å²) in [5, 5.41) is 3.14. The standard InChI is InChI=1S/C23H29NO2/c1-16(2)21-14-20(24-17(3)25)15-22(26-21)23(18-10-6-4-7-11-18)19-12-8-5-9-13-19/h4-13,16,20-23H,14-15H2,1-3H3,(H,24,25)/t20-,21-,22+/m0/s1. The first-order valence-electron chi connectivity index (χ1n) is 9.57. The summed E-state index contributed by atoms with van der Waals surface area (Å²) in [5.74, 6) is 0.616. The monoisotopic (exact) mass is 351 g/mol. The highest BCUT2D eigenvalue weighted by Gasteiger charge is 2.37. The molecule has 0 spiro atoms. The highest BCUT2D eigenvalue weighted by Crippen LogP contribution is 2.37. The number of carbonyl (C=O) groups excluding carboxylic acids is 1. The Morgan fingerprint density at radius 2 is 1.42 bits per heavy atom. The van der Waals surface area contributed by atoms with Gasteiger partial charge in [0.2, 0.25) is 5.91 Å². The molecule has 0 unspecified atom stereocenters. The molecule has 0 saturated carbocycles. The lowest BCUT2D eigenvalue weighted by molar-refractivity contribution is -0.123. The van der Waals surface area contributed by atoms with Crippen molar-refractivity contribution in [3.63, 3.8) is 0 Å². The summed E-state index contributed by atoms with van der Waals surface area (Å²) in [6.45, 7) is 5.98. The van der Waals surface area contributed by atoms with E-state index >= 15 is 0 Å². The van der Waals surface area contributed by atoms with E-state index in [9.17, 15) is 4.79 Å². The van der Waals surface area contributed by atoms with Crippen molar-refractivity contribution in [3.8, 4) is 0 Å². The minimum absolute atomic E-state index is 0.0362. The summed E-state index contributed by atoms with van der Waals surface area (Å²) in [7, 11) is 0. The Hall–Kier alpha value is -2.13. The zero-order valence-corrected chi connectivity index (χ0v) is 15.9. The van der Waals surface area contributed by atoms with Crippen LogP contribution in [0.15, 0.2) is 60.7 Å². The number of ether oxygens (including phenoxy) is 1. The molecule has 1 fully saturated rings. The largest absolute Gasteiger partial charge is 0.374 e. The second-order valence-electron chi connectivity index (χ2n) is 7.62. The van der Waals surface area contributed by atoms with E-state index in [2.05, 4.69) is 67.7 Å². The fourth-order valence-electron chi connectivity index (χ4n) is 3.98. The van der Waals surface area contributed by atoms with Crippen LogP contribution in [0.2, 0.25) is 0 Å². The number of nitrogens with one attached hydrogen (secondary N) is 1. The summed E-state index contributed by atoms with van der Waals surface area (Å²) in [6, 6.07) is 21.3. The van der Waals surface area contributed by atoms with Crippen molar-refractivity contribution in [3.05, 3.63) is 71.8 Å². The molecule has 1 heterocycles. The van der Waals surface area contributed by atoms with E-state index in [1.54, 1.807) is 6.92 Å². The molecule has 138 valence electrons. The summed E-state index contributed by atoms with van der Waals surface area (Å²) >= 11 is 0. The minimum atomic E-state index is 0.0362. The van der Waals surface area contributed by atoms with E-state index in [0.29, 0.717) is 5.92 Å². The summed E-state index contributed by atoms with van der Waals surface area (Å²) in [6.07, 6.45) is 1.90. The molecule has 3 atom stereocenters. The highest BCUT2D eigenvalue weighted by molar-refractivity contribution is 5.73. The van der Waals surface area contributed by atoms with Gasteiger partial charge in [0.25, 0.3) is 0 Å². The van der Waals surface area contributed by atoms with Crippen LogP contribution in [-0.4, -0.2) is 24.2 Å². The van der Waals surface area contributed by atoms with Crippen LogP contribution >= 0.6 is 0 Å². The number of carbonyl (C=O) groups is 1. The van der Waals surface area contributed by atoms with Crippen LogP contribution in [0.3, 0.4) is 0 Å². The molecule has 0 bridgehead atoms. The summed E-state index contributed by atoms with van der Waals surface area (Å²) in [5.41, 5.74) is 2.52. The molecule has 0 radical (unpaired) electrons. The van der Waals surface area contributed by atoms with Gasteiger partial charge >= 0.3 is 0 Å². The van der Waals surface area contributed by atoms with Crippen molar-refractivity contribution < 1.29 is 9.53 Å². The van der Waals surface area contributed by atoms with Crippen LogP contribution in [0, 0.1) is 5.92 Å². The summed E-state index contributed by atoms with van der Waals surface area (Å²) in [4.78, 5) is 11.7. The number of hydrogen-bond acceptors (Lipinski definition) is 2. The SMILES string of the molecule is CC(=O)N[C@H]1C[C@@H](C(C)C)O[C@@H](C(c2ccccc2)c2ccccc2)C1. The van der Waals surface area contributed by atoms with Crippen molar-refractivity contribution in [1.29, 1.82) is 0 Å². The Morgan fingerprint density at radius 3 is 1.88 bits per heavy atom. The molecule has 1 aliphatic heterocycles. The molecule has 3 nitrogen and oxygen atoms in total. The third-order valence-corrected chi connectivity index (χ3v) is 5.22. The second-order valence-corrected chi connectivity index (χ2v) is 7.62. The van der Waals surface area contributed by atoms with Gasteiger partial charge in [-0.25, -0.2) is 0 Å². The van der Waals surface area contributed by atoms with Gasteiger partial charge in [-0.05, 0) is 29.9 Å². The van der Waals surface area contributed by atoms with Gasteiger partial charge in [-0.15, -0.1) is 0 Å². The van der Waals surface area contributed by atoms with Crippen molar-refractivity contribution in [2.75, 3.05) is 0 Å². The van der Waals surface area contributed by atoms with Crippen molar-refractivity contribution >= 4 is 5.91 Å². The molecule has 2 aromatic rings. The van der Waals surface area contributed by atoms with Crippen LogP contribution in [0.25, 0.3) is 0 Å². The van der Waals surface area contributed by atoms with Crippen molar-refractivity contribution in [2.45, 2.75) is 57.8 Å². The van der Waals surface area contributed by atoms with E-state index in [1.165, 1.54) is 11.1 Å².